The first-order valence-corrected chi connectivity index (χ1v) is 12.2. The Hall–Kier alpha value is -3.39. The number of fused-ring (bicyclic) bond motifs is 4. The third-order valence-electron chi connectivity index (χ3n) is 7.89. The summed E-state index contributed by atoms with van der Waals surface area (Å²) >= 11 is 0. The number of hydrogen-bond donors (Lipinski definition) is 4. The lowest BCUT2D eigenvalue weighted by atomic mass is 9.71. The van der Waals surface area contributed by atoms with Crippen LogP contribution in [0.1, 0.15) is 43.2 Å². The van der Waals surface area contributed by atoms with Gasteiger partial charge in [0.15, 0.2) is 6.04 Å². The summed E-state index contributed by atoms with van der Waals surface area (Å²) in [6.45, 7) is 1.59. The molecule has 0 bridgehead atoms. The van der Waals surface area contributed by atoms with Gasteiger partial charge in [-0.1, -0.05) is 48.5 Å². The predicted octanol–water partition coefficient (Wildman–Crippen LogP) is 2.89. The molecule has 0 aromatic heterocycles. The van der Waals surface area contributed by atoms with Crippen LogP contribution < -0.4 is 10.6 Å². The van der Waals surface area contributed by atoms with Crippen molar-refractivity contribution >= 4 is 18.0 Å². The van der Waals surface area contributed by atoms with Crippen LogP contribution >= 0.6 is 0 Å². The van der Waals surface area contributed by atoms with Gasteiger partial charge < -0.3 is 25.6 Å². The molecule has 2 aromatic carbocycles. The molecule has 4 unspecified atom stereocenters. The van der Waals surface area contributed by atoms with E-state index < -0.39 is 24.2 Å². The molecule has 184 valence electrons. The standard InChI is InChI=1S/C27H30N2O6/c1-14(30)24(26(32)33)29-25(31)16-10-15-12-23(21(15)11-16)28-27(34)35-13-22-19-8-4-2-6-17(19)18-7-3-5-9-20(18)22/h2-9,14-16,21-24,30H,10-13H2,1H3,(H,28,34)(H,29,31)(H,32,33)/t14-,15?,16?,21?,23?,24+/m1/s1. The van der Waals surface area contributed by atoms with Crippen LogP contribution in [0.5, 0.6) is 0 Å². The summed E-state index contributed by atoms with van der Waals surface area (Å²) in [4.78, 5) is 36.4. The summed E-state index contributed by atoms with van der Waals surface area (Å²) < 4.78 is 5.65. The van der Waals surface area contributed by atoms with Crippen LogP contribution in [-0.2, 0) is 14.3 Å². The number of carboxylic acids is 1. The average Bonchev–Trinajstić information content (AvgIpc) is 3.34. The number of aliphatic hydroxyl groups is 1. The Morgan fingerprint density at radius 1 is 1.00 bits per heavy atom. The lowest BCUT2D eigenvalue weighted by molar-refractivity contribution is -0.145. The van der Waals surface area contributed by atoms with Crippen molar-refractivity contribution in [1.82, 2.24) is 10.6 Å². The number of amides is 2. The maximum absolute atomic E-state index is 12.6. The van der Waals surface area contributed by atoms with Crippen LogP contribution in [0.3, 0.4) is 0 Å². The number of aliphatic hydroxyl groups excluding tert-OH is 1. The molecule has 8 nitrogen and oxygen atoms in total. The van der Waals surface area contributed by atoms with Crippen molar-refractivity contribution in [3.8, 4) is 11.1 Å². The lowest BCUT2D eigenvalue weighted by Crippen LogP contribution is -2.50. The van der Waals surface area contributed by atoms with E-state index in [1.807, 2.05) is 24.3 Å². The van der Waals surface area contributed by atoms with Crippen molar-refractivity contribution in [3.05, 3.63) is 59.7 Å². The number of carbonyl (C=O) groups excluding carboxylic acids is 2. The van der Waals surface area contributed by atoms with Crippen LogP contribution in [-0.4, -0.2) is 53.0 Å². The molecule has 2 amide bonds. The Morgan fingerprint density at radius 2 is 1.63 bits per heavy atom. The molecule has 6 atom stereocenters. The second-order valence-corrected chi connectivity index (χ2v) is 9.97. The number of aliphatic carboxylic acids is 1. The number of nitrogens with one attached hydrogen (secondary N) is 2. The SMILES string of the molecule is C[C@@H](O)[C@H](NC(=O)C1CC2CC(NC(=O)OCC3c4ccccc4-c4ccccc43)C2C1)C(=O)O. The van der Waals surface area contributed by atoms with E-state index in [2.05, 4.69) is 34.9 Å². The quantitative estimate of drug-likeness (QED) is 0.485. The largest absolute Gasteiger partial charge is 0.480 e. The van der Waals surface area contributed by atoms with E-state index >= 15 is 0 Å². The van der Waals surface area contributed by atoms with Crippen LogP contribution in [0, 0.1) is 17.8 Å². The molecule has 4 N–H and O–H groups in total. The zero-order valence-corrected chi connectivity index (χ0v) is 19.5. The van der Waals surface area contributed by atoms with Crippen LogP contribution in [0.25, 0.3) is 11.1 Å². The van der Waals surface area contributed by atoms with E-state index in [4.69, 9.17) is 4.74 Å². The summed E-state index contributed by atoms with van der Waals surface area (Å²) in [5.74, 6) is -1.45. The molecule has 2 aromatic rings. The summed E-state index contributed by atoms with van der Waals surface area (Å²) in [6, 6.07) is 15.0. The van der Waals surface area contributed by atoms with Crippen molar-refractivity contribution in [2.75, 3.05) is 6.61 Å². The lowest BCUT2D eigenvalue weighted by Gasteiger charge is -2.40. The molecule has 0 spiro atoms. The molecule has 2 fully saturated rings. The summed E-state index contributed by atoms with van der Waals surface area (Å²) in [5.41, 5.74) is 4.67. The first-order chi connectivity index (χ1) is 16.8. The fourth-order valence-electron chi connectivity index (χ4n) is 6.06. The molecular weight excluding hydrogens is 448 g/mol. The highest BCUT2D eigenvalue weighted by Crippen LogP contribution is 2.50. The topological polar surface area (TPSA) is 125 Å². The fourth-order valence-corrected chi connectivity index (χ4v) is 6.06. The molecule has 0 radical (unpaired) electrons. The summed E-state index contributed by atoms with van der Waals surface area (Å²) in [7, 11) is 0. The van der Waals surface area contributed by atoms with Gasteiger partial charge in [0.2, 0.25) is 5.91 Å². The van der Waals surface area contributed by atoms with E-state index in [0.29, 0.717) is 18.8 Å². The van der Waals surface area contributed by atoms with Gasteiger partial charge in [-0.25, -0.2) is 9.59 Å². The van der Waals surface area contributed by atoms with Gasteiger partial charge in [0.25, 0.3) is 0 Å². The maximum atomic E-state index is 12.6. The highest BCUT2D eigenvalue weighted by Gasteiger charge is 2.50. The van der Waals surface area contributed by atoms with Gasteiger partial charge in [-0.05, 0) is 60.3 Å². The van der Waals surface area contributed by atoms with E-state index in [9.17, 15) is 24.6 Å². The third kappa shape index (κ3) is 4.38. The molecule has 5 rings (SSSR count). The Kier molecular flexibility index (Phi) is 6.23. The second-order valence-electron chi connectivity index (χ2n) is 9.97. The summed E-state index contributed by atoms with van der Waals surface area (Å²) in [5, 5.41) is 24.2. The van der Waals surface area contributed by atoms with Crippen LogP contribution in [0.15, 0.2) is 48.5 Å². The van der Waals surface area contributed by atoms with Crippen LogP contribution in [0.4, 0.5) is 4.79 Å². The van der Waals surface area contributed by atoms with Crippen molar-refractivity contribution in [2.24, 2.45) is 17.8 Å². The number of carboxylic acid groups (broad SMARTS) is 1. The maximum Gasteiger partial charge on any atom is 0.407 e. The van der Waals surface area contributed by atoms with Crippen molar-refractivity contribution < 1.29 is 29.3 Å². The van der Waals surface area contributed by atoms with Gasteiger partial charge >= 0.3 is 12.1 Å². The Bertz CT molecular complexity index is 1100. The highest BCUT2D eigenvalue weighted by molar-refractivity contribution is 5.85. The first kappa shape index (κ1) is 23.4. The van der Waals surface area contributed by atoms with Crippen molar-refractivity contribution in [1.29, 1.82) is 0 Å². The third-order valence-corrected chi connectivity index (χ3v) is 7.89. The first-order valence-electron chi connectivity index (χ1n) is 12.2. The van der Waals surface area contributed by atoms with Gasteiger partial charge in [-0.2, -0.15) is 0 Å². The Morgan fingerprint density at radius 3 is 2.23 bits per heavy atom. The molecule has 0 aliphatic heterocycles. The van der Waals surface area contributed by atoms with Crippen molar-refractivity contribution in [3.63, 3.8) is 0 Å². The van der Waals surface area contributed by atoms with Gasteiger partial charge in [-0.15, -0.1) is 0 Å². The number of ether oxygens (including phenoxy) is 1. The molecular formula is C27H30N2O6. The normalized spacial score (nSPS) is 25.9. The zero-order valence-electron chi connectivity index (χ0n) is 19.5. The smallest absolute Gasteiger partial charge is 0.407 e. The van der Waals surface area contributed by atoms with E-state index in [1.165, 1.54) is 18.1 Å². The van der Waals surface area contributed by atoms with Gasteiger partial charge in [0.1, 0.15) is 6.61 Å². The predicted molar refractivity (Wildman–Crippen MR) is 128 cm³/mol. The number of rotatable bonds is 7. The highest BCUT2D eigenvalue weighted by atomic mass is 16.5. The molecule has 8 heteroatoms. The number of benzene rings is 2. The van der Waals surface area contributed by atoms with E-state index in [1.54, 1.807) is 0 Å². The molecule has 35 heavy (non-hydrogen) atoms. The number of hydrogen-bond acceptors (Lipinski definition) is 5. The molecule has 3 aliphatic carbocycles. The van der Waals surface area contributed by atoms with Gasteiger partial charge in [0.05, 0.1) is 6.10 Å². The van der Waals surface area contributed by atoms with Gasteiger partial charge in [0, 0.05) is 17.9 Å². The Balaban J connectivity index is 1.14. The van der Waals surface area contributed by atoms with E-state index in [-0.39, 0.29) is 36.3 Å². The minimum atomic E-state index is -1.32. The fraction of sp³-hybridized carbons (Fsp3) is 0.444. The van der Waals surface area contributed by atoms with Crippen molar-refractivity contribution in [2.45, 2.75) is 50.3 Å². The average molecular weight is 479 g/mol. The minimum Gasteiger partial charge on any atom is -0.480 e. The second kappa shape index (κ2) is 9.34. The monoisotopic (exact) mass is 478 g/mol. The minimum absolute atomic E-state index is 0.00190. The zero-order chi connectivity index (χ0) is 24.7. The van der Waals surface area contributed by atoms with Gasteiger partial charge in [-0.3, -0.25) is 4.79 Å². The molecule has 0 saturated heterocycles. The molecule has 2 saturated carbocycles. The number of alkyl carbamates (subject to hydrolysis) is 1. The van der Waals surface area contributed by atoms with E-state index in [0.717, 1.165) is 17.5 Å². The summed E-state index contributed by atoms with van der Waals surface area (Å²) in [6.07, 6.45) is 0.376. The molecule has 3 aliphatic rings. The number of carbonyl (C=O) groups is 3. The molecule has 0 heterocycles. The van der Waals surface area contributed by atoms with Crippen LogP contribution in [0.2, 0.25) is 0 Å². The Labute approximate surface area is 203 Å².